The fourth-order valence-electron chi connectivity index (χ4n) is 2.48. The van der Waals surface area contributed by atoms with Crippen LogP contribution in [0.15, 0.2) is 22.7 Å². The van der Waals surface area contributed by atoms with Crippen LogP contribution in [0.3, 0.4) is 0 Å². The van der Waals surface area contributed by atoms with Gasteiger partial charge in [0.2, 0.25) is 17.6 Å². The molecule has 110 valence electrons. The van der Waals surface area contributed by atoms with E-state index in [4.69, 9.17) is 9.26 Å². The van der Waals surface area contributed by atoms with E-state index in [0.717, 1.165) is 17.5 Å². The Morgan fingerprint density at radius 1 is 1.48 bits per heavy atom. The maximum atomic E-state index is 11.2. The van der Waals surface area contributed by atoms with E-state index in [-0.39, 0.29) is 11.9 Å². The molecule has 1 fully saturated rings. The molecule has 6 nitrogen and oxygen atoms in total. The molecular weight excluding hydrogens is 270 g/mol. The van der Waals surface area contributed by atoms with Crippen molar-refractivity contribution in [2.24, 2.45) is 0 Å². The van der Waals surface area contributed by atoms with Crippen LogP contribution in [-0.2, 0) is 11.2 Å². The number of aromatic nitrogens is 2. The maximum Gasteiger partial charge on any atom is 0.229 e. The Balaban J connectivity index is 1.81. The molecule has 1 saturated heterocycles. The van der Waals surface area contributed by atoms with E-state index in [0.29, 0.717) is 30.3 Å². The summed E-state index contributed by atoms with van der Waals surface area (Å²) in [6.07, 6.45) is 1.94. The number of nitrogens with one attached hydrogen (secondary N) is 1. The first kappa shape index (κ1) is 13.6. The highest BCUT2D eigenvalue weighted by atomic mass is 16.5. The molecule has 1 aliphatic heterocycles. The van der Waals surface area contributed by atoms with Crippen molar-refractivity contribution in [2.75, 3.05) is 7.11 Å². The number of methoxy groups -OCH3 is 1. The lowest BCUT2D eigenvalue weighted by Crippen LogP contribution is -2.27. The van der Waals surface area contributed by atoms with E-state index >= 15 is 0 Å². The lowest BCUT2D eigenvalue weighted by Gasteiger charge is -2.06. The second-order valence-corrected chi connectivity index (χ2v) is 5.22. The van der Waals surface area contributed by atoms with Crippen LogP contribution in [0.25, 0.3) is 11.4 Å². The molecule has 0 spiro atoms. The van der Waals surface area contributed by atoms with Gasteiger partial charge in [0.05, 0.1) is 12.7 Å². The Bertz CT molecular complexity index is 666. The Hall–Kier alpha value is -2.37. The average Bonchev–Trinajstić information content (AvgIpc) is 3.08. The van der Waals surface area contributed by atoms with Crippen LogP contribution >= 0.6 is 0 Å². The maximum absolute atomic E-state index is 11.2. The number of carbonyl (C=O) groups is 1. The van der Waals surface area contributed by atoms with Gasteiger partial charge in [0.25, 0.3) is 0 Å². The van der Waals surface area contributed by atoms with Gasteiger partial charge in [-0.2, -0.15) is 4.98 Å². The summed E-state index contributed by atoms with van der Waals surface area (Å²) < 4.78 is 10.6. The minimum Gasteiger partial charge on any atom is -0.496 e. The fourth-order valence-corrected chi connectivity index (χ4v) is 2.48. The number of benzene rings is 1. The number of ether oxygens (including phenoxy) is 1. The first-order chi connectivity index (χ1) is 10.2. The summed E-state index contributed by atoms with van der Waals surface area (Å²) in [5, 5.41) is 6.91. The van der Waals surface area contributed by atoms with Crippen LogP contribution in [0.1, 0.15) is 24.3 Å². The van der Waals surface area contributed by atoms with Gasteiger partial charge >= 0.3 is 0 Å². The third kappa shape index (κ3) is 2.89. The zero-order valence-corrected chi connectivity index (χ0v) is 12.0. The molecule has 2 heterocycles. The van der Waals surface area contributed by atoms with Crippen molar-refractivity contribution in [1.29, 1.82) is 0 Å². The van der Waals surface area contributed by atoms with E-state index in [1.807, 2.05) is 25.1 Å². The van der Waals surface area contributed by atoms with Crippen LogP contribution in [0.5, 0.6) is 5.75 Å². The number of nitrogens with zero attached hydrogens (tertiary/aromatic N) is 2. The van der Waals surface area contributed by atoms with Gasteiger partial charge in [-0.15, -0.1) is 0 Å². The van der Waals surface area contributed by atoms with Gasteiger partial charge < -0.3 is 14.6 Å². The van der Waals surface area contributed by atoms with Gasteiger partial charge in [-0.25, -0.2) is 0 Å². The number of hydrogen-bond donors (Lipinski definition) is 1. The highest BCUT2D eigenvalue weighted by Crippen LogP contribution is 2.29. The van der Waals surface area contributed by atoms with Crippen molar-refractivity contribution in [3.8, 4) is 17.1 Å². The first-order valence-electron chi connectivity index (χ1n) is 6.92. The number of aryl methyl sites for hydroxylation is 1. The minimum absolute atomic E-state index is 0.0834. The minimum atomic E-state index is 0.0834. The van der Waals surface area contributed by atoms with E-state index in [1.54, 1.807) is 7.11 Å². The smallest absolute Gasteiger partial charge is 0.229 e. The number of carbonyl (C=O) groups excluding carboxylic acids is 1. The van der Waals surface area contributed by atoms with E-state index in [2.05, 4.69) is 15.5 Å². The molecule has 1 aromatic carbocycles. The van der Waals surface area contributed by atoms with Crippen molar-refractivity contribution < 1.29 is 14.1 Å². The monoisotopic (exact) mass is 287 g/mol. The van der Waals surface area contributed by atoms with Gasteiger partial charge in [-0.05, 0) is 25.5 Å². The number of rotatable bonds is 4. The van der Waals surface area contributed by atoms with Crippen LogP contribution in [0, 0.1) is 6.92 Å². The highest BCUT2D eigenvalue weighted by molar-refractivity contribution is 5.78. The molecule has 1 aliphatic rings. The molecule has 3 rings (SSSR count). The van der Waals surface area contributed by atoms with Crippen molar-refractivity contribution in [3.63, 3.8) is 0 Å². The van der Waals surface area contributed by atoms with Gasteiger partial charge in [-0.1, -0.05) is 16.8 Å². The Morgan fingerprint density at radius 3 is 3.05 bits per heavy atom. The molecule has 1 unspecified atom stereocenters. The molecule has 0 bridgehead atoms. The van der Waals surface area contributed by atoms with E-state index in [9.17, 15) is 4.79 Å². The summed E-state index contributed by atoms with van der Waals surface area (Å²) in [6.45, 7) is 2.00. The Labute approximate surface area is 122 Å². The Kier molecular flexibility index (Phi) is 3.60. The van der Waals surface area contributed by atoms with Crippen LogP contribution < -0.4 is 10.1 Å². The zero-order valence-electron chi connectivity index (χ0n) is 12.0. The molecular formula is C15H17N3O3. The average molecular weight is 287 g/mol. The lowest BCUT2D eigenvalue weighted by molar-refractivity contribution is -0.119. The SMILES string of the molecule is COc1ccc(C)cc1-c1noc(CC2CCC(=O)N2)n1. The highest BCUT2D eigenvalue weighted by Gasteiger charge is 2.23. The predicted molar refractivity (Wildman–Crippen MR) is 75.9 cm³/mol. The summed E-state index contributed by atoms with van der Waals surface area (Å²) in [6, 6.07) is 5.91. The zero-order chi connectivity index (χ0) is 14.8. The van der Waals surface area contributed by atoms with Crippen molar-refractivity contribution in [1.82, 2.24) is 15.5 Å². The largest absolute Gasteiger partial charge is 0.496 e. The quantitative estimate of drug-likeness (QED) is 0.929. The second-order valence-electron chi connectivity index (χ2n) is 5.22. The molecule has 1 aromatic heterocycles. The van der Waals surface area contributed by atoms with Crippen LogP contribution in [0.2, 0.25) is 0 Å². The topological polar surface area (TPSA) is 77.2 Å². The van der Waals surface area contributed by atoms with Crippen LogP contribution in [-0.4, -0.2) is 29.2 Å². The third-order valence-electron chi connectivity index (χ3n) is 3.57. The van der Waals surface area contributed by atoms with Gasteiger partial charge in [0.1, 0.15) is 5.75 Å². The van der Waals surface area contributed by atoms with Crippen molar-refractivity contribution in [3.05, 3.63) is 29.7 Å². The summed E-state index contributed by atoms with van der Waals surface area (Å²) >= 11 is 0. The summed E-state index contributed by atoms with van der Waals surface area (Å²) in [5.41, 5.74) is 1.91. The first-order valence-corrected chi connectivity index (χ1v) is 6.92. The summed E-state index contributed by atoms with van der Waals surface area (Å²) in [5.74, 6) is 1.83. The fraction of sp³-hybridized carbons (Fsp3) is 0.400. The molecule has 1 atom stereocenters. The number of amides is 1. The normalized spacial score (nSPS) is 17.8. The predicted octanol–water partition coefficient (Wildman–Crippen LogP) is 1.87. The van der Waals surface area contributed by atoms with Gasteiger partial charge in [-0.3, -0.25) is 4.79 Å². The van der Waals surface area contributed by atoms with Crippen LogP contribution in [0.4, 0.5) is 0 Å². The van der Waals surface area contributed by atoms with E-state index < -0.39 is 0 Å². The second kappa shape index (κ2) is 5.55. The standard InChI is InChI=1S/C15H17N3O3/c1-9-3-5-12(20-2)11(7-9)15-17-14(21-18-15)8-10-4-6-13(19)16-10/h3,5,7,10H,4,6,8H2,1-2H3,(H,16,19). The van der Waals surface area contributed by atoms with Crippen molar-refractivity contribution in [2.45, 2.75) is 32.2 Å². The molecule has 0 aliphatic carbocycles. The Morgan fingerprint density at radius 2 is 2.33 bits per heavy atom. The lowest BCUT2D eigenvalue weighted by atomic mass is 10.1. The van der Waals surface area contributed by atoms with E-state index in [1.165, 1.54) is 0 Å². The number of hydrogen-bond acceptors (Lipinski definition) is 5. The third-order valence-corrected chi connectivity index (χ3v) is 3.57. The molecule has 2 aromatic rings. The molecule has 0 saturated carbocycles. The molecule has 1 amide bonds. The van der Waals surface area contributed by atoms with Gasteiger partial charge in [0, 0.05) is 18.9 Å². The summed E-state index contributed by atoms with van der Waals surface area (Å²) in [4.78, 5) is 15.6. The molecule has 1 N–H and O–H groups in total. The summed E-state index contributed by atoms with van der Waals surface area (Å²) in [7, 11) is 1.61. The van der Waals surface area contributed by atoms with Crippen molar-refractivity contribution >= 4 is 5.91 Å². The van der Waals surface area contributed by atoms with Gasteiger partial charge in [0.15, 0.2) is 0 Å². The molecule has 6 heteroatoms. The molecule has 0 radical (unpaired) electrons. The molecule has 21 heavy (non-hydrogen) atoms.